The number of nitrogens with one attached hydrogen (secondary N) is 1. The SMILES string of the molecule is O=C(COC(=O)/C=C/c1ccc(OC(F)F)cc1)N[C@@H]1CCS(=O)(=O)C1. The molecule has 1 aliphatic heterocycles. The van der Waals surface area contributed by atoms with Gasteiger partial charge in [0, 0.05) is 12.1 Å². The topological polar surface area (TPSA) is 98.8 Å². The summed E-state index contributed by atoms with van der Waals surface area (Å²) in [5, 5.41) is 2.49. The highest BCUT2D eigenvalue weighted by Gasteiger charge is 2.28. The Kier molecular flexibility index (Phi) is 6.67. The van der Waals surface area contributed by atoms with E-state index in [9.17, 15) is 26.8 Å². The number of alkyl halides is 2. The van der Waals surface area contributed by atoms with E-state index in [0.29, 0.717) is 12.0 Å². The van der Waals surface area contributed by atoms with Crippen LogP contribution in [0.4, 0.5) is 8.78 Å². The molecule has 0 aliphatic carbocycles. The number of ether oxygens (including phenoxy) is 2. The Hall–Kier alpha value is -2.49. The van der Waals surface area contributed by atoms with E-state index < -0.39 is 41.0 Å². The van der Waals surface area contributed by atoms with Crippen LogP contribution in [0.1, 0.15) is 12.0 Å². The average molecular weight is 389 g/mol. The fraction of sp³-hybridized carbons (Fsp3) is 0.375. The van der Waals surface area contributed by atoms with Gasteiger partial charge in [-0.1, -0.05) is 12.1 Å². The third-order valence-corrected chi connectivity index (χ3v) is 5.23. The maximum absolute atomic E-state index is 12.0. The van der Waals surface area contributed by atoms with Gasteiger partial charge in [-0.05, 0) is 30.2 Å². The van der Waals surface area contributed by atoms with Crippen molar-refractivity contribution in [2.24, 2.45) is 0 Å². The van der Waals surface area contributed by atoms with Gasteiger partial charge >= 0.3 is 12.6 Å². The molecule has 1 aromatic carbocycles. The van der Waals surface area contributed by atoms with Crippen LogP contribution in [0.2, 0.25) is 0 Å². The van der Waals surface area contributed by atoms with Gasteiger partial charge in [-0.15, -0.1) is 0 Å². The number of hydrogen-bond donors (Lipinski definition) is 1. The van der Waals surface area contributed by atoms with Crippen molar-refractivity contribution in [3.05, 3.63) is 35.9 Å². The molecule has 1 aromatic rings. The molecular formula is C16H17F2NO6S. The first-order chi connectivity index (χ1) is 12.2. The minimum absolute atomic E-state index is 0.00896. The Bertz CT molecular complexity index is 776. The lowest BCUT2D eigenvalue weighted by atomic mass is 10.2. The second-order valence-electron chi connectivity index (χ2n) is 5.56. The van der Waals surface area contributed by atoms with Crippen molar-refractivity contribution in [1.82, 2.24) is 5.32 Å². The molecule has 26 heavy (non-hydrogen) atoms. The number of carbonyl (C=O) groups excluding carboxylic acids is 2. The minimum Gasteiger partial charge on any atom is -0.452 e. The van der Waals surface area contributed by atoms with E-state index in [1.54, 1.807) is 0 Å². The summed E-state index contributed by atoms with van der Waals surface area (Å²) in [4.78, 5) is 23.2. The van der Waals surface area contributed by atoms with Crippen molar-refractivity contribution in [2.75, 3.05) is 18.1 Å². The van der Waals surface area contributed by atoms with E-state index >= 15 is 0 Å². The zero-order valence-corrected chi connectivity index (χ0v) is 14.4. The van der Waals surface area contributed by atoms with E-state index in [1.807, 2.05) is 0 Å². The van der Waals surface area contributed by atoms with Gasteiger partial charge in [-0.3, -0.25) is 4.79 Å². The minimum atomic E-state index is -3.11. The molecule has 1 aliphatic rings. The number of carbonyl (C=O) groups is 2. The molecule has 1 atom stereocenters. The summed E-state index contributed by atoms with van der Waals surface area (Å²) in [6, 6.07) is 5.11. The Morgan fingerprint density at radius 1 is 1.27 bits per heavy atom. The molecule has 0 radical (unpaired) electrons. The van der Waals surface area contributed by atoms with E-state index in [4.69, 9.17) is 4.74 Å². The lowest BCUT2D eigenvalue weighted by molar-refractivity contribution is -0.143. The molecule has 0 aromatic heterocycles. The molecular weight excluding hydrogens is 372 g/mol. The van der Waals surface area contributed by atoms with Crippen LogP contribution in [0.15, 0.2) is 30.3 Å². The van der Waals surface area contributed by atoms with Crippen LogP contribution in [-0.2, 0) is 24.2 Å². The number of esters is 1. The molecule has 1 amide bonds. The van der Waals surface area contributed by atoms with Crippen LogP contribution < -0.4 is 10.1 Å². The number of hydrogen-bond acceptors (Lipinski definition) is 6. The standard InChI is InChI=1S/C16H17F2NO6S/c17-16(18)25-13-4-1-11(2-5-13)3-6-15(21)24-9-14(20)19-12-7-8-26(22,23)10-12/h1-6,12,16H,7-10H2,(H,19,20)/b6-3+/t12-/m1/s1. The summed E-state index contributed by atoms with van der Waals surface area (Å²) in [6.07, 6.45) is 2.80. The van der Waals surface area contributed by atoms with Crippen LogP contribution in [0.25, 0.3) is 6.08 Å². The number of amides is 1. The van der Waals surface area contributed by atoms with Crippen LogP contribution in [0, 0.1) is 0 Å². The van der Waals surface area contributed by atoms with Gasteiger partial charge < -0.3 is 14.8 Å². The maximum atomic E-state index is 12.0. The lowest BCUT2D eigenvalue weighted by Gasteiger charge is -2.10. The number of halogens is 2. The zero-order valence-electron chi connectivity index (χ0n) is 13.6. The number of benzene rings is 1. The van der Waals surface area contributed by atoms with Crippen molar-refractivity contribution >= 4 is 27.8 Å². The largest absolute Gasteiger partial charge is 0.452 e. The fourth-order valence-corrected chi connectivity index (χ4v) is 3.96. The second-order valence-corrected chi connectivity index (χ2v) is 7.78. The van der Waals surface area contributed by atoms with E-state index in [-0.39, 0.29) is 17.3 Å². The number of sulfone groups is 1. The smallest absolute Gasteiger partial charge is 0.387 e. The molecule has 0 bridgehead atoms. The van der Waals surface area contributed by atoms with E-state index in [0.717, 1.165) is 6.08 Å². The molecule has 1 fully saturated rings. The van der Waals surface area contributed by atoms with Gasteiger partial charge in [-0.2, -0.15) is 8.78 Å². The Morgan fingerprint density at radius 2 is 1.96 bits per heavy atom. The molecule has 142 valence electrons. The molecule has 7 nitrogen and oxygen atoms in total. The predicted molar refractivity (Wildman–Crippen MR) is 88.3 cm³/mol. The first kappa shape index (κ1) is 19.8. The first-order valence-corrected chi connectivity index (χ1v) is 9.45. The van der Waals surface area contributed by atoms with Crippen molar-refractivity contribution in [3.63, 3.8) is 0 Å². The van der Waals surface area contributed by atoms with Gasteiger partial charge in [0.1, 0.15) is 5.75 Å². The molecule has 1 N–H and O–H groups in total. The average Bonchev–Trinajstić information content (AvgIpc) is 2.90. The molecule has 0 saturated carbocycles. The van der Waals surface area contributed by atoms with Gasteiger partial charge in [-0.25, -0.2) is 13.2 Å². The predicted octanol–water partition coefficient (Wildman–Crippen LogP) is 1.15. The molecule has 1 heterocycles. The second kappa shape index (κ2) is 8.75. The Morgan fingerprint density at radius 3 is 2.54 bits per heavy atom. The zero-order chi connectivity index (χ0) is 19.2. The van der Waals surface area contributed by atoms with Crippen molar-refractivity contribution < 1.29 is 36.3 Å². The summed E-state index contributed by atoms with van der Waals surface area (Å²) in [6.45, 7) is -3.44. The lowest BCUT2D eigenvalue weighted by Crippen LogP contribution is -2.38. The Labute approximate surface area is 148 Å². The highest BCUT2D eigenvalue weighted by Crippen LogP contribution is 2.15. The van der Waals surface area contributed by atoms with Crippen LogP contribution >= 0.6 is 0 Å². The molecule has 0 spiro atoms. The van der Waals surface area contributed by atoms with Crippen LogP contribution in [0.3, 0.4) is 0 Å². The summed E-state index contributed by atoms with van der Waals surface area (Å²) < 4.78 is 55.6. The monoisotopic (exact) mass is 389 g/mol. The summed E-state index contributed by atoms with van der Waals surface area (Å²) >= 11 is 0. The van der Waals surface area contributed by atoms with E-state index in [1.165, 1.54) is 30.3 Å². The number of rotatable bonds is 7. The van der Waals surface area contributed by atoms with Crippen LogP contribution in [-0.4, -0.2) is 51.1 Å². The summed E-state index contributed by atoms with van der Waals surface area (Å²) in [5.41, 5.74) is 0.546. The highest BCUT2D eigenvalue weighted by atomic mass is 32.2. The molecule has 0 unspecified atom stereocenters. The van der Waals surface area contributed by atoms with Gasteiger partial charge in [0.05, 0.1) is 11.5 Å². The fourth-order valence-electron chi connectivity index (χ4n) is 2.29. The van der Waals surface area contributed by atoms with Crippen molar-refractivity contribution in [3.8, 4) is 5.75 Å². The molecule has 10 heteroatoms. The van der Waals surface area contributed by atoms with Gasteiger partial charge in [0.2, 0.25) is 0 Å². The highest BCUT2D eigenvalue weighted by molar-refractivity contribution is 7.91. The van der Waals surface area contributed by atoms with Gasteiger partial charge in [0.25, 0.3) is 5.91 Å². The molecule has 2 rings (SSSR count). The van der Waals surface area contributed by atoms with Crippen molar-refractivity contribution in [2.45, 2.75) is 19.1 Å². The summed E-state index contributed by atoms with van der Waals surface area (Å²) in [5.74, 6) is -1.45. The third-order valence-electron chi connectivity index (χ3n) is 3.46. The first-order valence-electron chi connectivity index (χ1n) is 7.63. The van der Waals surface area contributed by atoms with Gasteiger partial charge in [0.15, 0.2) is 16.4 Å². The summed E-state index contributed by atoms with van der Waals surface area (Å²) in [7, 11) is -3.11. The molecule has 1 saturated heterocycles. The maximum Gasteiger partial charge on any atom is 0.387 e. The van der Waals surface area contributed by atoms with Crippen molar-refractivity contribution in [1.29, 1.82) is 0 Å². The third kappa shape index (κ3) is 6.79. The van der Waals surface area contributed by atoms with E-state index in [2.05, 4.69) is 10.1 Å². The Balaban J connectivity index is 1.74. The van der Waals surface area contributed by atoms with Crippen LogP contribution in [0.5, 0.6) is 5.75 Å². The quantitative estimate of drug-likeness (QED) is 0.555. The normalized spacial score (nSPS) is 18.8.